The third-order valence-electron chi connectivity index (χ3n) is 7.00. The number of hydrogen-bond donors (Lipinski definition) is 2. The first-order valence-corrected chi connectivity index (χ1v) is 12.7. The van der Waals surface area contributed by atoms with E-state index in [0.717, 1.165) is 12.0 Å². The van der Waals surface area contributed by atoms with Gasteiger partial charge in [-0.3, -0.25) is 14.9 Å². The standard InChI is InChI=1S/C23H31N7O2S/c1-4-5-6-7-8-14-9-11-15(12-10-14)16-20(31)29(13-24-16)17-21(32)30-18(19-25-27-28-26-19)23(2,3)33-22(17)30/h9-12,16-18,22,24H,4-8,13H2,1-3H3,(H,25,26,27,28). The van der Waals surface area contributed by atoms with Crippen molar-refractivity contribution >= 4 is 23.6 Å². The molecule has 0 saturated carbocycles. The van der Waals surface area contributed by atoms with Crippen molar-refractivity contribution in [3.05, 3.63) is 41.2 Å². The average molecular weight is 470 g/mol. The maximum absolute atomic E-state index is 13.3. The Morgan fingerprint density at radius 2 is 1.91 bits per heavy atom. The van der Waals surface area contributed by atoms with Crippen LogP contribution in [0.25, 0.3) is 0 Å². The number of amides is 2. The molecular weight excluding hydrogens is 438 g/mol. The SMILES string of the molecule is CCCCCCc1ccc(C2NCN(C3C(=O)N4C3SC(C)(C)C4c3nnn[nH]3)C2=O)cc1. The van der Waals surface area contributed by atoms with Gasteiger partial charge < -0.3 is 9.80 Å². The highest BCUT2D eigenvalue weighted by atomic mass is 32.2. The topological polar surface area (TPSA) is 107 Å². The highest BCUT2D eigenvalue weighted by Gasteiger charge is 2.65. The largest absolute Gasteiger partial charge is 0.314 e. The van der Waals surface area contributed by atoms with E-state index in [1.807, 2.05) is 17.0 Å². The summed E-state index contributed by atoms with van der Waals surface area (Å²) < 4.78 is -0.265. The predicted octanol–water partition coefficient (Wildman–Crippen LogP) is 2.56. The fourth-order valence-electron chi connectivity index (χ4n) is 5.26. The van der Waals surface area contributed by atoms with Gasteiger partial charge in [-0.1, -0.05) is 50.5 Å². The number of carbonyl (C=O) groups is 2. The predicted molar refractivity (Wildman–Crippen MR) is 125 cm³/mol. The molecule has 4 heterocycles. The summed E-state index contributed by atoms with van der Waals surface area (Å²) in [4.78, 5) is 30.1. The van der Waals surface area contributed by atoms with Crippen LogP contribution < -0.4 is 5.32 Å². The Kier molecular flexibility index (Phi) is 5.90. The fraction of sp³-hybridized carbons (Fsp3) is 0.609. The van der Waals surface area contributed by atoms with Crippen molar-refractivity contribution in [3.63, 3.8) is 0 Å². The Bertz CT molecular complexity index is 1010. The molecule has 1 aromatic heterocycles. The lowest BCUT2D eigenvalue weighted by Crippen LogP contribution is -2.68. The first-order chi connectivity index (χ1) is 15.9. The molecule has 0 radical (unpaired) electrons. The number of fused-ring (bicyclic) bond motifs is 1. The van der Waals surface area contributed by atoms with Crippen LogP contribution in [-0.2, 0) is 16.0 Å². The van der Waals surface area contributed by atoms with Crippen LogP contribution in [0, 0.1) is 0 Å². The smallest absolute Gasteiger partial charge is 0.250 e. The first-order valence-electron chi connectivity index (χ1n) is 11.8. The Hall–Kier alpha value is -2.46. The number of carbonyl (C=O) groups excluding carboxylic acids is 2. The number of tetrazole rings is 1. The van der Waals surface area contributed by atoms with Gasteiger partial charge in [0.25, 0.3) is 0 Å². The molecule has 3 aliphatic rings. The normalized spacial score (nSPS) is 28.3. The molecule has 0 aliphatic carbocycles. The summed E-state index contributed by atoms with van der Waals surface area (Å²) in [6.07, 6.45) is 6.04. The van der Waals surface area contributed by atoms with E-state index in [1.54, 1.807) is 16.7 Å². The Morgan fingerprint density at radius 1 is 1.12 bits per heavy atom. The minimum Gasteiger partial charge on any atom is -0.314 e. The second kappa shape index (κ2) is 8.72. The molecule has 3 aliphatic heterocycles. The fourth-order valence-corrected chi connectivity index (χ4v) is 6.96. The lowest BCUT2D eigenvalue weighted by Gasteiger charge is -2.47. The van der Waals surface area contributed by atoms with E-state index in [9.17, 15) is 9.59 Å². The van der Waals surface area contributed by atoms with E-state index in [-0.39, 0.29) is 28.0 Å². The number of thioether (sulfide) groups is 1. The number of H-pyrrole nitrogens is 1. The van der Waals surface area contributed by atoms with Gasteiger partial charge in [0.1, 0.15) is 23.5 Å². The number of benzene rings is 1. The van der Waals surface area contributed by atoms with Crippen LogP contribution in [0.1, 0.15) is 75.5 Å². The van der Waals surface area contributed by atoms with Gasteiger partial charge in [0.05, 0.1) is 6.67 Å². The van der Waals surface area contributed by atoms with Crippen molar-refractivity contribution in [3.8, 4) is 0 Å². The average Bonchev–Trinajstić information content (AvgIpc) is 3.50. The van der Waals surface area contributed by atoms with Crippen molar-refractivity contribution in [2.45, 2.75) is 81.1 Å². The lowest BCUT2D eigenvalue weighted by molar-refractivity contribution is -0.161. The number of aromatic amines is 1. The molecule has 9 nitrogen and oxygen atoms in total. The van der Waals surface area contributed by atoms with Gasteiger partial charge in [0, 0.05) is 4.75 Å². The van der Waals surface area contributed by atoms with E-state index in [0.29, 0.717) is 12.5 Å². The van der Waals surface area contributed by atoms with Crippen LogP contribution in [0.4, 0.5) is 0 Å². The quantitative estimate of drug-likeness (QED) is 0.452. The molecule has 33 heavy (non-hydrogen) atoms. The first kappa shape index (κ1) is 22.3. The maximum Gasteiger partial charge on any atom is 0.250 e. The van der Waals surface area contributed by atoms with Crippen LogP contribution in [0.3, 0.4) is 0 Å². The number of nitrogens with one attached hydrogen (secondary N) is 2. The van der Waals surface area contributed by atoms with E-state index >= 15 is 0 Å². The van der Waals surface area contributed by atoms with Crippen molar-refractivity contribution in [2.24, 2.45) is 0 Å². The minimum atomic E-state index is -0.460. The third-order valence-corrected chi connectivity index (χ3v) is 8.55. The maximum atomic E-state index is 13.3. The highest BCUT2D eigenvalue weighted by molar-refractivity contribution is 8.01. The molecule has 3 fully saturated rings. The van der Waals surface area contributed by atoms with Crippen molar-refractivity contribution in [2.75, 3.05) is 6.67 Å². The molecule has 176 valence electrons. The summed E-state index contributed by atoms with van der Waals surface area (Å²) >= 11 is 1.70. The minimum absolute atomic E-state index is 0.0353. The van der Waals surface area contributed by atoms with Crippen LogP contribution in [-0.4, -0.2) is 65.1 Å². The van der Waals surface area contributed by atoms with E-state index in [2.05, 4.69) is 58.8 Å². The zero-order valence-electron chi connectivity index (χ0n) is 19.3. The van der Waals surface area contributed by atoms with E-state index in [4.69, 9.17) is 0 Å². The van der Waals surface area contributed by atoms with Crippen LogP contribution in [0.2, 0.25) is 0 Å². The Labute approximate surface area is 198 Å². The third kappa shape index (κ3) is 3.82. The van der Waals surface area contributed by atoms with Gasteiger partial charge in [-0.2, -0.15) is 0 Å². The van der Waals surface area contributed by atoms with Gasteiger partial charge in [0.15, 0.2) is 5.82 Å². The molecule has 10 heteroatoms. The second-order valence-electron chi connectivity index (χ2n) is 9.65. The summed E-state index contributed by atoms with van der Waals surface area (Å²) in [5, 5.41) is 17.4. The molecular formula is C23H31N7O2S. The van der Waals surface area contributed by atoms with Gasteiger partial charge in [-0.15, -0.1) is 16.9 Å². The number of aromatic nitrogens is 4. The number of nitrogens with zero attached hydrogens (tertiary/aromatic N) is 5. The molecule has 4 atom stereocenters. The molecule has 0 bridgehead atoms. The number of hydrogen-bond acceptors (Lipinski definition) is 7. The van der Waals surface area contributed by atoms with Gasteiger partial charge in [-0.05, 0) is 48.2 Å². The van der Waals surface area contributed by atoms with Gasteiger partial charge in [0.2, 0.25) is 11.8 Å². The molecule has 3 saturated heterocycles. The molecule has 5 rings (SSSR count). The number of β-lactam (4-membered cyclic amide) rings is 1. The molecule has 2 N–H and O–H groups in total. The Morgan fingerprint density at radius 3 is 2.61 bits per heavy atom. The van der Waals surface area contributed by atoms with Crippen molar-refractivity contribution in [1.29, 1.82) is 0 Å². The number of aryl methyl sites for hydroxylation is 1. The lowest BCUT2D eigenvalue weighted by atomic mass is 9.94. The summed E-state index contributed by atoms with van der Waals surface area (Å²) in [5.41, 5.74) is 2.26. The van der Waals surface area contributed by atoms with Crippen molar-refractivity contribution < 1.29 is 9.59 Å². The van der Waals surface area contributed by atoms with Gasteiger partial charge >= 0.3 is 0 Å². The monoisotopic (exact) mass is 469 g/mol. The molecule has 0 spiro atoms. The van der Waals surface area contributed by atoms with Crippen LogP contribution in [0.15, 0.2) is 24.3 Å². The summed E-state index contributed by atoms with van der Waals surface area (Å²) in [7, 11) is 0. The van der Waals surface area contributed by atoms with Crippen molar-refractivity contribution in [1.82, 2.24) is 35.7 Å². The Balaban J connectivity index is 1.25. The highest BCUT2D eigenvalue weighted by Crippen LogP contribution is 2.57. The molecule has 2 amide bonds. The van der Waals surface area contributed by atoms with E-state index in [1.165, 1.54) is 31.2 Å². The second-order valence-corrected chi connectivity index (χ2v) is 11.4. The summed E-state index contributed by atoms with van der Waals surface area (Å²) in [5.74, 6) is 0.505. The van der Waals surface area contributed by atoms with Gasteiger partial charge in [-0.25, -0.2) is 5.10 Å². The molecule has 2 aromatic rings. The molecule has 1 aromatic carbocycles. The summed E-state index contributed by atoms with van der Waals surface area (Å²) in [6.45, 7) is 6.77. The van der Waals surface area contributed by atoms with Crippen LogP contribution >= 0.6 is 11.8 Å². The number of rotatable bonds is 8. The number of unbranched alkanes of at least 4 members (excludes halogenated alkanes) is 3. The molecule has 4 unspecified atom stereocenters. The van der Waals surface area contributed by atoms with E-state index < -0.39 is 12.1 Å². The zero-order valence-corrected chi connectivity index (χ0v) is 20.1. The summed E-state index contributed by atoms with van der Waals surface area (Å²) in [6, 6.07) is 7.24. The zero-order chi connectivity index (χ0) is 23.2. The van der Waals surface area contributed by atoms with Crippen LogP contribution in [0.5, 0.6) is 0 Å².